The highest BCUT2D eigenvalue weighted by molar-refractivity contribution is 6.48. The summed E-state index contributed by atoms with van der Waals surface area (Å²) < 4.78 is 4.69. The second kappa shape index (κ2) is 7.19. The molecule has 0 aliphatic heterocycles. The minimum absolute atomic E-state index is 0.0120. The second-order valence-corrected chi connectivity index (χ2v) is 4.30. The number of amides is 1. The van der Waals surface area contributed by atoms with E-state index in [0.717, 1.165) is 6.20 Å². The molecule has 0 bridgehead atoms. The number of esters is 1. The molecule has 1 amide bonds. The van der Waals surface area contributed by atoms with Crippen LogP contribution in [0.15, 0.2) is 6.20 Å². The van der Waals surface area contributed by atoms with Crippen LogP contribution in [0.3, 0.4) is 0 Å². The molecule has 8 heteroatoms. The number of nitrogens with one attached hydrogen (secondary N) is 1. The third-order valence-corrected chi connectivity index (χ3v) is 3.07. The maximum atomic E-state index is 11.6. The van der Waals surface area contributed by atoms with Crippen molar-refractivity contribution in [1.29, 1.82) is 0 Å². The SMILES string of the molecule is C#CCNC(=O)COC(=O)c1ncc(Cl)c(Cl)c1Cl. The lowest BCUT2D eigenvalue weighted by Crippen LogP contribution is -2.29. The zero-order chi connectivity index (χ0) is 14.4. The molecule has 0 saturated heterocycles. The third kappa shape index (κ3) is 4.28. The first-order chi connectivity index (χ1) is 8.97. The predicted molar refractivity (Wildman–Crippen MR) is 71.4 cm³/mol. The summed E-state index contributed by atoms with van der Waals surface area (Å²) in [4.78, 5) is 26.5. The molecular formula is C11H7Cl3N2O3. The molecule has 0 radical (unpaired) electrons. The van der Waals surface area contributed by atoms with E-state index in [9.17, 15) is 9.59 Å². The number of halogens is 3. The van der Waals surface area contributed by atoms with Crippen LogP contribution < -0.4 is 5.32 Å². The van der Waals surface area contributed by atoms with Gasteiger partial charge >= 0.3 is 5.97 Å². The van der Waals surface area contributed by atoms with E-state index in [1.165, 1.54) is 0 Å². The number of carbonyl (C=O) groups excluding carboxylic acids is 2. The Hall–Kier alpha value is -1.48. The molecular weight excluding hydrogens is 314 g/mol. The third-order valence-electron chi connectivity index (χ3n) is 1.83. The lowest BCUT2D eigenvalue weighted by Gasteiger charge is -2.06. The molecule has 1 rings (SSSR count). The van der Waals surface area contributed by atoms with Gasteiger partial charge < -0.3 is 10.1 Å². The largest absolute Gasteiger partial charge is 0.451 e. The summed E-state index contributed by atoms with van der Waals surface area (Å²) in [6.45, 7) is -0.457. The van der Waals surface area contributed by atoms with Gasteiger partial charge in [0.1, 0.15) is 0 Å². The fourth-order valence-electron chi connectivity index (χ4n) is 0.986. The number of ether oxygens (including phenoxy) is 1. The van der Waals surface area contributed by atoms with Gasteiger partial charge in [0.15, 0.2) is 12.3 Å². The van der Waals surface area contributed by atoms with E-state index in [1.54, 1.807) is 0 Å². The van der Waals surface area contributed by atoms with Gasteiger partial charge in [0.05, 0.1) is 21.6 Å². The molecule has 100 valence electrons. The zero-order valence-electron chi connectivity index (χ0n) is 9.37. The number of terminal acetylenes is 1. The first-order valence-electron chi connectivity index (χ1n) is 4.84. The molecule has 5 nitrogen and oxygen atoms in total. The van der Waals surface area contributed by atoms with Crippen LogP contribution in [0, 0.1) is 12.3 Å². The highest BCUT2D eigenvalue weighted by Gasteiger charge is 2.19. The van der Waals surface area contributed by atoms with Gasteiger partial charge in [-0.2, -0.15) is 0 Å². The van der Waals surface area contributed by atoms with E-state index in [1.807, 2.05) is 0 Å². The average Bonchev–Trinajstić information content (AvgIpc) is 2.40. The smallest absolute Gasteiger partial charge is 0.359 e. The van der Waals surface area contributed by atoms with Gasteiger partial charge in [0, 0.05) is 6.20 Å². The van der Waals surface area contributed by atoms with Gasteiger partial charge in [-0.25, -0.2) is 9.78 Å². The van der Waals surface area contributed by atoms with Crippen molar-refractivity contribution in [2.24, 2.45) is 0 Å². The topological polar surface area (TPSA) is 68.3 Å². The molecule has 0 aliphatic carbocycles. The van der Waals surface area contributed by atoms with Gasteiger partial charge in [0.2, 0.25) is 0 Å². The van der Waals surface area contributed by atoms with Gasteiger partial charge in [-0.1, -0.05) is 40.7 Å². The summed E-state index contributed by atoms with van der Waals surface area (Å²) in [6.07, 6.45) is 6.10. The molecule has 0 fully saturated rings. The Morgan fingerprint density at radius 2 is 2.05 bits per heavy atom. The fourth-order valence-corrected chi connectivity index (χ4v) is 1.54. The monoisotopic (exact) mass is 320 g/mol. The molecule has 0 atom stereocenters. The Bertz CT molecular complexity index is 555. The van der Waals surface area contributed by atoms with Crippen molar-refractivity contribution in [3.8, 4) is 12.3 Å². The maximum absolute atomic E-state index is 11.6. The van der Waals surface area contributed by atoms with Crippen molar-refractivity contribution >= 4 is 46.7 Å². The van der Waals surface area contributed by atoms with Gasteiger partial charge in [-0.3, -0.25) is 4.79 Å². The molecule has 19 heavy (non-hydrogen) atoms. The Morgan fingerprint density at radius 3 is 2.68 bits per heavy atom. The van der Waals surface area contributed by atoms with Crippen molar-refractivity contribution < 1.29 is 14.3 Å². The van der Waals surface area contributed by atoms with Crippen LogP contribution in [-0.4, -0.2) is 30.0 Å². The van der Waals surface area contributed by atoms with Gasteiger partial charge in [0.25, 0.3) is 5.91 Å². The summed E-state index contributed by atoms with van der Waals surface area (Å²) in [6, 6.07) is 0. The second-order valence-electron chi connectivity index (χ2n) is 3.14. The number of hydrogen-bond acceptors (Lipinski definition) is 4. The van der Waals surface area contributed by atoms with E-state index >= 15 is 0 Å². The zero-order valence-corrected chi connectivity index (χ0v) is 11.6. The molecule has 1 aromatic rings. The van der Waals surface area contributed by atoms with Crippen molar-refractivity contribution in [2.45, 2.75) is 0 Å². The van der Waals surface area contributed by atoms with Crippen molar-refractivity contribution in [3.63, 3.8) is 0 Å². The normalized spacial score (nSPS) is 9.58. The number of aromatic nitrogens is 1. The summed E-state index contributed by atoms with van der Waals surface area (Å²) in [5.41, 5.74) is -0.221. The number of rotatable bonds is 4. The first-order valence-corrected chi connectivity index (χ1v) is 5.97. The molecule has 0 aromatic carbocycles. The molecule has 0 saturated carbocycles. The summed E-state index contributed by atoms with van der Waals surface area (Å²) in [5.74, 6) is 0.774. The van der Waals surface area contributed by atoms with Crippen LogP contribution in [-0.2, 0) is 9.53 Å². The number of pyridine rings is 1. The van der Waals surface area contributed by atoms with Crippen LogP contribution in [0.2, 0.25) is 15.1 Å². The van der Waals surface area contributed by atoms with Crippen LogP contribution in [0.4, 0.5) is 0 Å². The van der Waals surface area contributed by atoms with Crippen molar-refractivity contribution in [2.75, 3.05) is 13.2 Å². The van der Waals surface area contributed by atoms with Crippen molar-refractivity contribution in [1.82, 2.24) is 10.3 Å². The lowest BCUT2D eigenvalue weighted by molar-refractivity contribution is -0.123. The minimum atomic E-state index is -0.889. The predicted octanol–water partition coefficient (Wildman–Crippen LogP) is 1.95. The number of nitrogens with zero attached hydrogens (tertiary/aromatic N) is 1. The molecule has 0 spiro atoms. The summed E-state index contributed by atoms with van der Waals surface area (Å²) in [7, 11) is 0. The molecule has 0 unspecified atom stereocenters. The maximum Gasteiger partial charge on any atom is 0.359 e. The Balaban J connectivity index is 2.67. The van der Waals surface area contributed by atoms with E-state index in [0.29, 0.717) is 0 Å². The number of hydrogen-bond donors (Lipinski definition) is 1. The average molecular weight is 322 g/mol. The van der Waals surface area contributed by atoms with E-state index in [-0.39, 0.29) is 27.3 Å². The number of carbonyl (C=O) groups is 2. The summed E-state index contributed by atoms with van der Waals surface area (Å²) in [5, 5.41) is 2.28. The highest BCUT2D eigenvalue weighted by Crippen LogP contribution is 2.31. The molecule has 1 aromatic heterocycles. The molecule has 1 N–H and O–H groups in total. The first kappa shape index (κ1) is 15.6. The lowest BCUT2D eigenvalue weighted by atomic mass is 10.3. The standard InChI is InChI=1S/C11H7Cl3N2O3/c1-2-3-15-7(17)5-19-11(18)10-9(14)8(13)6(12)4-16-10/h1,4H,3,5H2,(H,15,17). The molecule has 1 heterocycles. The Labute approximate surface area is 124 Å². The quantitative estimate of drug-likeness (QED) is 0.680. The Kier molecular flexibility index (Phi) is 5.90. The van der Waals surface area contributed by atoms with E-state index < -0.39 is 18.5 Å². The van der Waals surface area contributed by atoms with Gasteiger partial charge in [-0.15, -0.1) is 6.42 Å². The molecule has 0 aliphatic rings. The van der Waals surface area contributed by atoms with E-state index in [2.05, 4.69) is 16.2 Å². The van der Waals surface area contributed by atoms with Crippen LogP contribution in [0.25, 0.3) is 0 Å². The van der Waals surface area contributed by atoms with Crippen LogP contribution >= 0.6 is 34.8 Å². The van der Waals surface area contributed by atoms with Crippen LogP contribution in [0.1, 0.15) is 10.5 Å². The fraction of sp³-hybridized carbons (Fsp3) is 0.182. The minimum Gasteiger partial charge on any atom is -0.451 e. The van der Waals surface area contributed by atoms with Crippen LogP contribution in [0.5, 0.6) is 0 Å². The van der Waals surface area contributed by atoms with Gasteiger partial charge in [-0.05, 0) is 0 Å². The van der Waals surface area contributed by atoms with Crippen molar-refractivity contribution in [3.05, 3.63) is 27.0 Å². The van der Waals surface area contributed by atoms with E-state index in [4.69, 9.17) is 46.0 Å². The highest BCUT2D eigenvalue weighted by atomic mass is 35.5. The summed E-state index contributed by atoms with van der Waals surface area (Å²) >= 11 is 17.2. The Morgan fingerprint density at radius 1 is 1.37 bits per heavy atom.